The normalized spacial score (nSPS) is 15.6. The van der Waals surface area contributed by atoms with Crippen molar-refractivity contribution in [2.75, 3.05) is 13.1 Å². The van der Waals surface area contributed by atoms with Crippen LogP contribution in [0, 0.1) is 11.6 Å². The number of benzene rings is 2. The lowest BCUT2D eigenvalue weighted by Gasteiger charge is -2.44. The molecule has 176 valence electrons. The number of amides is 2. The highest BCUT2D eigenvalue weighted by Gasteiger charge is 2.46. The number of carbonyl (C=O) groups is 2. The van der Waals surface area contributed by atoms with E-state index in [0.29, 0.717) is 4.90 Å². The SMILES string of the molecule is O=C(c1ccccc1F)N(C(=O)c1ccccc1F)C1(O)CCN(Cc2ncc[nH]c2=O)CC1. The van der Waals surface area contributed by atoms with Gasteiger partial charge in [-0.25, -0.2) is 13.7 Å². The molecule has 2 N–H and O–H groups in total. The second-order valence-corrected chi connectivity index (χ2v) is 8.03. The Kier molecular flexibility index (Phi) is 6.62. The summed E-state index contributed by atoms with van der Waals surface area (Å²) >= 11 is 0. The molecular formula is C24H22F2N4O4. The molecular weight excluding hydrogens is 446 g/mol. The summed E-state index contributed by atoms with van der Waals surface area (Å²) in [4.78, 5) is 47.6. The average molecular weight is 468 g/mol. The van der Waals surface area contributed by atoms with Crippen LogP contribution in [0.25, 0.3) is 0 Å². The maximum atomic E-state index is 14.4. The first-order valence-electron chi connectivity index (χ1n) is 10.7. The van der Waals surface area contributed by atoms with Crippen LogP contribution in [0.3, 0.4) is 0 Å². The molecule has 10 heteroatoms. The van der Waals surface area contributed by atoms with Gasteiger partial charge in [-0.05, 0) is 24.3 Å². The standard InChI is InChI=1S/C24H22F2N4O4/c25-18-7-3-1-5-16(18)22(32)30(23(33)17-6-2-4-8-19(17)26)24(34)9-13-29(14-10-24)15-20-21(31)28-12-11-27-20/h1-8,11-12,34H,9-10,13-15H2,(H,28,31). The zero-order valence-corrected chi connectivity index (χ0v) is 18.1. The summed E-state index contributed by atoms with van der Waals surface area (Å²) in [5.74, 6) is -3.87. The number of halogens is 2. The average Bonchev–Trinajstić information content (AvgIpc) is 2.82. The smallest absolute Gasteiger partial charge is 0.270 e. The van der Waals surface area contributed by atoms with Crippen molar-refractivity contribution in [1.82, 2.24) is 19.8 Å². The molecule has 1 aliphatic rings. The number of rotatable bonds is 5. The molecule has 0 unspecified atom stereocenters. The Morgan fingerprint density at radius 2 is 1.53 bits per heavy atom. The van der Waals surface area contributed by atoms with Gasteiger partial charge in [0.2, 0.25) is 0 Å². The maximum absolute atomic E-state index is 14.4. The second kappa shape index (κ2) is 9.62. The monoisotopic (exact) mass is 468 g/mol. The fourth-order valence-corrected chi connectivity index (χ4v) is 3.98. The van der Waals surface area contributed by atoms with E-state index in [1.807, 2.05) is 4.90 Å². The number of imide groups is 1. The van der Waals surface area contributed by atoms with Gasteiger partial charge in [0, 0.05) is 44.9 Å². The van der Waals surface area contributed by atoms with Gasteiger partial charge in [-0.15, -0.1) is 0 Å². The Morgan fingerprint density at radius 1 is 1.00 bits per heavy atom. The molecule has 3 aromatic rings. The second-order valence-electron chi connectivity index (χ2n) is 8.03. The topological polar surface area (TPSA) is 107 Å². The Balaban J connectivity index is 1.63. The van der Waals surface area contributed by atoms with Gasteiger partial charge in [0.15, 0.2) is 5.72 Å². The number of piperidine rings is 1. The lowest BCUT2D eigenvalue weighted by atomic mass is 9.95. The number of nitrogens with one attached hydrogen (secondary N) is 1. The van der Waals surface area contributed by atoms with Crippen molar-refractivity contribution in [3.05, 3.63) is 99.7 Å². The molecule has 0 saturated carbocycles. The molecule has 2 amide bonds. The van der Waals surface area contributed by atoms with E-state index in [0.717, 1.165) is 12.1 Å². The van der Waals surface area contributed by atoms with Gasteiger partial charge in [-0.2, -0.15) is 0 Å². The van der Waals surface area contributed by atoms with Crippen LogP contribution in [0.15, 0.2) is 65.7 Å². The van der Waals surface area contributed by atoms with Crippen LogP contribution in [0.4, 0.5) is 8.78 Å². The van der Waals surface area contributed by atoms with Gasteiger partial charge < -0.3 is 10.1 Å². The summed E-state index contributed by atoms with van der Waals surface area (Å²) in [7, 11) is 0. The van der Waals surface area contributed by atoms with E-state index in [1.54, 1.807) is 0 Å². The van der Waals surface area contributed by atoms with E-state index >= 15 is 0 Å². The van der Waals surface area contributed by atoms with Crippen LogP contribution in [-0.2, 0) is 6.54 Å². The van der Waals surface area contributed by atoms with Crippen molar-refractivity contribution in [1.29, 1.82) is 0 Å². The van der Waals surface area contributed by atoms with E-state index in [1.165, 1.54) is 48.8 Å². The molecule has 0 bridgehead atoms. The number of likely N-dealkylation sites (tertiary alicyclic amines) is 1. The highest BCUT2D eigenvalue weighted by molar-refractivity contribution is 6.11. The van der Waals surface area contributed by atoms with Crippen molar-refractivity contribution in [2.45, 2.75) is 25.1 Å². The molecule has 1 saturated heterocycles. The molecule has 1 fully saturated rings. The molecule has 0 radical (unpaired) electrons. The minimum Gasteiger partial charge on any atom is -0.370 e. The zero-order chi connectivity index (χ0) is 24.3. The van der Waals surface area contributed by atoms with E-state index in [4.69, 9.17) is 0 Å². The Hall–Kier alpha value is -3.76. The molecule has 8 nitrogen and oxygen atoms in total. The summed E-state index contributed by atoms with van der Waals surface area (Å²) in [6.07, 6.45) is 2.70. The highest BCUT2D eigenvalue weighted by Crippen LogP contribution is 2.31. The Labute approximate surface area is 193 Å². The number of aliphatic hydroxyl groups is 1. The van der Waals surface area contributed by atoms with Gasteiger partial charge in [-0.1, -0.05) is 24.3 Å². The van der Waals surface area contributed by atoms with Crippen molar-refractivity contribution in [2.24, 2.45) is 0 Å². The zero-order valence-electron chi connectivity index (χ0n) is 18.1. The molecule has 0 aliphatic carbocycles. The van der Waals surface area contributed by atoms with E-state index < -0.39 is 40.3 Å². The van der Waals surface area contributed by atoms with Crippen LogP contribution in [0.1, 0.15) is 39.3 Å². The lowest BCUT2D eigenvalue weighted by molar-refractivity contribution is -0.107. The minimum atomic E-state index is -1.99. The largest absolute Gasteiger partial charge is 0.370 e. The van der Waals surface area contributed by atoms with Crippen LogP contribution >= 0.6 is 0 Å². The number of H-pyrrole nitrogens is 1. The summed E-state index contributed by atoms with van der Waals surface area (Å²) in [6, 6.07) is 10.2. The summed E-state index contributed by atoms with van der Waals surface area (Å²) in [5.41, 5.74) is -2.87. The first-order valence-corrected chi connectivity index (χ1v) is 10.7. The summed E-state index contributed by atoms with van der Waals surface area (Å²) in [6.45, 7) is 0.616. The van der Waals surface area contributed by atoms with Crippen molar-refractivity contribution in [3.63, 3.8) is 0 Å². The van der Waals surface area contributed by atoms with Crippen LogP contribution < -0.4 is 5.56 Å². The highest BCUT2D eigenvalue weighted by atomic mass is 19.1. The predicted molar refractivity (Wildman–Crippen MR) is 118 cm³/mol. The molecule has 34 heavy (non-hydrogen) atoms. The lowest BCUT2D eigenvalue weighted by Crippen LogP contribution is -2.59. The fraction of sp³-hybridized carbons (Fsp3) is 0.250. The van der Waals surface area contributed by atoms with Crippen molar-refractivity contribution >= 4 is 11.8 Å². The third kappa shape index (κ3) is 4.63. The molecule has 0 spiro atoms. The maximum Gasteiger partial charge on any atom is 0.270 e. The van der Waals surface area contributed by atoms with Gasteiger partial charge >= 0.3 is 0 Å². The minimum absolute atomic E-state index is 0.0852. The number of hydrogen-bond donors (Lipinski definition) is 2. The fourth-order valence-electron chi connectivity index (χ4n) is 3.98. The van der Waals surface area contributed by atoms with Gasteiger partial charge in [-0.3, -0.25) is 24.3 Å². The number of nitrogens with zero attached hydrogens (tertiary/aromatic N) is 3. The van der Waals surface area contributed by atoms with Gasteiger partial charge in [0.1, 0.15) is 17.3 Å². The predicted octanol–water partition coefficient (Wildman–Crippen LogP) is 2.32. The Bertz CT molecular complexity index is 1210. The third-order valence-corrected chi connectivity index (χ3v) is 5.84. The Morgan fingerprint density at radius 3 is 2.03 bits per heavy atom. The molecule has 1 aromatic heterocycles. The van der Waals surface area contributed by atoms with Crippen LogP contribution in [0.2, 0.25) is 0 Å². The first-order chi connectivity index (χ1) is 16.3. The van der Waals surface area contributed by atoms with Crippen molar-refractivity contribution in [3.8, 4) is 0 Å². The first kappa shape index (κ1) is 23.4. The molecule has 2 heterocycles. The number of aromatic nitrogens is 2. The number of carbonyl (C=O) groups excluding carboxylic acids is 2. The summed E-state index contributed by atoms with van der Waals surface area (Å²) in [5, 5.41) is 11.4. The van der Waals surface area contributed by atoms with Gasteiger partial charge in [0.05, 0.1) is 11.1 Å². The molecule has 0 atom stereocenters. The van der Waals surface area contributed by atoms with Crippen LogP contribution in [0.5, 0.6) is 0 Å². The van der Waals surface area contributed by atoms with E-state index in [-0.39, 0.29) is 43.7 Å². The number of hydrogen-bond acceptors (Lipinski definition) is 6. The quantitative estimate of drug-likeness (QED) is 0.440. The van der Waals surface area contributed by atoms with Crippen molar-refractivity contribution < 1.29 is 23.5 Å². The third-order valence-electron chi connectivity index (χ3n) is 5.84. The molecule has 1 aliphatic heterocycles. The van der Waals surface area contributed by atoms with E-state index in [2.05, 4.69) is 9.97 Å². The van der Waals surface area contributed by atoms with E-state index in [9.17, 15) is 28.3 Å². The summed E-state index contributed by atoms with van der Waals surface area (Å²) < 4.78 is 28.8. The van der Waals surface area contributed by atoms with Gasteiger partial charge in [0.25, 0.3) is 17.4 Å². The molecule has 4 rings (SSSR count). The molecule has 2 aromatic carbocycles. The number of aromatic amines is 1. The van der Waals surface area contributed by atoms with Crippen LogP contribution in [-0.4, -0.2) is 55.5 Å².